The molecule has 19 heavy (non-hydrogen) atoms. The van der Waals surface area contributed by atoms with Crippen LogP contribution in [-0.4, -0.2) is 51.9 Å². The molecule has 0 radical (unpaired) electrons. The summed E-state index contributed by atoms with van der Waals surface area (Å²) in [6.07, 6.45) is -0.284. The van der Waals surface area contributed by atoms with E-state index in [2.05, 4.69) is 20.8 Å². The molecule has 0 spiro atoms. The van der Waals surface area contributed by atoms with Crippen LogP contribution in [0.2, 0.25) is 0 Å². The van der Waals surface area contributed by atoms with Gasteiger partial charge in [0.05, 0.1) is 23.4 Å². The molecule has 2 rings (SSSR count). The van der Waals surface area contributed by atoms with E-state index in [4.69, 9.17) is 10.5 Å². The standard InChI is InChI=1S/C12H17BrN2O3S/c1-15-4-5-18-10(7-15)8-19(16,17)12-3-2-9(14)6-11(12)13/h2-3,6,10H,4-5,7-8,14H2,1H3. The lowest BCUT2D eigenvalue weighted by Crippen LogP contribution is -2.43. The smallest absolute Gasteiger partial charge is 0.182 e. The van der Waals surface area contributed by atoms with Gasteiger partial charge in [0.25, 0.3) is 0 Å². The Morgan fingerprint density at radius 2 is 2.26 bits per heavy atom. The van der Waals surface area contributed by atoms with Crippen LogP contribution in [0.15, 0.2) is 27.6 Å². The molecule has 0 bridgehead atoms. The molecule has 1 unspecified atom stereocenters. The fraction of sp³-hybridized carbons (Fsp3) is 0.500. The van der Waals surface area contributed by atoms with Crippen LogP contribution >= 0.6 is 15.9 Å². The van der Waals surface area contributed by atoms with Gasteiger partial charge in [-0.3, -0.25) is 0 Å². The lowest BCUT2D eigenvalue weighted by atomic mass is 10.3. The first kappa shape index (κ1) is 14.8. The number of nitrogens with zero attached hydrogens (tertiary/aromatic N) is 1. The Morgan fingerprint density at radius 1 is 1.53 bits per heavy atom. The SMILES string of the molecule is CN1CCOC(CS(=O)(=O)c2ccc(N)cc2Br)C1. The maximum absolute atomic E-state index is 12.4. The van der Waals surface area contributed by atoms with Crippen molar-refractivity contribution >= 4 is 31.5 Å². The van der Waals surface area contributed by atoms with Gasteiger partial charge in [-0.1, -0.05) is 0 Å². The zero-order valence-electron chi connectivity index (χ0n) is 10.7. The summed E-state index contributed by atoms with van der Waals surface area (Å²) in [7, 11) is -1.43. The van der Waals surface area contributed by atoms with Crippen LogP contribution in [0.5, 0.6) is 0 Å². The second-order valence-electron chi connectivity index (χ2n) is 4.73. The first-order valence-corrected chi connectivity index (χ1v) is 8.41. The quantitative estimate of drug-likeness (QED) is 0.829. The average Bonchev–Trinajstić information content (AvgIpc) is 2.27. The summed E-state index contributed by atoms with van der Waals surface area (Å²) in [5, 5.41) is 0. The molecule has 1 aliphatic heterocycles. The van der Waals surface area contributed by atoms with Crippen molar-refractivity contribution in [1.29, 1.82) is 0 Å². The van der Waals surface area contributed by atoms with Crippen molar-refractivity contribution in [3.8, 4) is 0 Å². The topological polar surface area (TPSA) is 72.6 Å². The minimum Gasteiger partial charge on any atom is -0.399 e. The molecular formula is C12H17BrN2O3S. The fourth-order valence-corrected chi connectivity index (χ4v) is 4.71. The minimum absolute atomic E-state index is 0.0140. The third kappa shape index (κ3) is 3.68. The molecule has 1 heterocycles. The van der Waals surface area contributed by atoms with Crippen molar-refractivity contribution < 1.29 is 13.2 Å². The van der Waals surface area contributed by atoms with Gasteiger partial charge < -0.3 is 15.4 Å². The first-order valence-electron chi connectivity index (χ1n) is 5.96. The van der Waals surface area contributed by atoms with Crippen LogP contribution < -0.4 is 5.73 Å². The number of ether oxygens (including phenoxy) is 1. The van der Waals surface area contributed by atoms with Crippen LogP contribution in [0, 0.1) is 0 Å². The summed E-state index contributed by atoms with van der Waals surface area (Å²) in [6.45, 7) is 2.04. The van der Waals surface area contributed by atoms with E-state index in [-0.39, 0.29) is 16.8 Å². The summed E-state index contributed by atoms with van der Waals surface area (Å²) in [6, 6.07) is 4.72. The van der Waals surface area contributed by atoms with Crippen LogP contribution in [0.1, 0.15) is 0 Å². The van der Waals surface area contributed by atoms with Crippen molar-refractivity contribution in [1.82, 2.24) is 4.90 Å². The highest BCUT2D eigenvalue weighted by molar-refractivity contribution is 9.10. The van der Waals surface area contributed by atoms with Gasteiger partial charge in [0, 0.05) is 23.2 Å². The predicted octanol–water partition coefficient (Wildman–Crippen LogP) is 1.14. The van der Waals surface area contributed by atoms with E-state index in [0.717, 1.165) is 6.54 Å². The van der Waals surface area contributed by atoms with Gasteiger partial charge in [-0.2, -0.15) is 0 Å². The number of rotatable bonds is 3. The van der Waals surface area contributed by atoms with Gasteiger partial charge in [0.15, 0.2) is 9.84 Å². The van der Waals surface area contributed by atoms with Gasteiger partial charge in [0.1, 0.15) is 0 Å². The van der Waals surface area contributed by atoms with Crippen LogP contribution in [-0.2, 0) is 14.6 Å². The molecule has 0 aliphatic carbocycles. The first-order chi connectivity index (χ1) is 8.88. The monoisotopic (exact) mass is 348 g/mol. The molecule has 1 fully saturated rings. The molecule has 1 aliphatic rings. The Hall–Kier alpha value is -0.630. The number of hydrogen-bond acceptors (Lipinski definition) is 5. The lowest BCUT2D eigenvalue weighted by molar-refractivity contribution is -0.00680. The zero-order chi connectivity index (χ0) is 14.0. The summed E-state index contributed by atoms with van der Waals surface area (Å²) >= 11 is 3.25. The van der Waals surface area contributed by atoms with E-state index < -0.39 is 9.84 Å². The summed E-state index contributed by atoms with van der Waals surface area (Å²) in [4.78, 5) is 2.33. The minimum atomic E-state index is -3.38. The highest BCUT2D eigenvalue weighted by atomic mass is 79.9. The van der Waals surface area contributed by atoms with E-state index in [1.807, 2.05) is 7.05 Å². The maximum Gasteiger partial charge on any atom is 0.182 e. The molecule has 0 aromatic heterocycles. The number of likely N-dealkylation sites (N-methyl/N-ethyl adjacent to an activating group) is 1. The molecule has 1 saturated heterocycles. The Balaban J connectivity index is 2.18. The predicted molar refractivity (Wildman–Crippen MR) is 77.8 cm³/mol. The number of nitrogens with two attached hydrogens (primary N) is 1. The Kier molecular flexibility index (Phi) is 4.50. The van der Waals surface area contributed by atoms with E-state index in [1.54, 1.807) is 12.1 Å². The van der Waals surface area contributed by atoms with Crippen LogP contribution in [0.4, 0.5) is 5.69 Å². The van der Waals surface area contributed by atoms with Gasteiger partial charge in [-0.25, -0.2) is 8.42 Å². The zero-order valence-corrected chi connectivity index (χ0v) is 13.1. The molecule has 1 aromatic rings. The van der Waals surface area contributed by atoms with Gasteiger partial charge >= 0.3 is 0 Å². The molecule has 5 nitrogen and oxygen atoms in total. The second-order valence-corrected chi connectivity index (χ2v) is 7.58. The molecule has 0 amide bonds. The van der Waals surface area contributed by atoms with Crippen molar-refractivity contribution in [2.75, 3.05) is 38.2 Å². The molecule has 0 saturated carbocycles. The summed E-state index contributed by atoms with van der Waals surface area (Å²) in [5.74, 6) is -0.0140. The van der Waals surface area contributed by atoms with Crippen LogP contribution in [0.3, 0.4) is 0 Å². The third-order valence-electron chi connectivity index (χ3n) is 3.04. The number of sulfone groups is 1. The Morgan fingerprint density at radius 3 is 2.89 bits per heavy atom. The molecule has 2 N–H and O–H groups in total. The van der Waals surface area contributed by atoms with Gasteiger partial charge in [-0.15, -0.1) is 0 Å². The average molecular weight is 349 g/mol. The number of hydrogen-bond donors (Lipinski definition) is 1. The van der Waals surface area contributed by atoms with Crippen molar-refractivity contribution in [2.24, 2.45) is 0 Å². The normalized spacial score (nSPS) is 21.5. The van der Waals surface area contributed by atoms with E-state index >= 15 is 0 Å². The van der Waals surface area contributed by atoms with Gasteiger partial charge in [0.2, 0.25) is 0 Å². The maximum atomic E-state index is 12.4. The van der Waals surface area contributed by atoms with E-state index in [9.17, 15) is 8.42 Å². The molecule has 7 heteroatoms. The Bertz CT molecular complexity index is 562. The summed E-state index contributed by atoms with van der Waals surface area (Å²) < 4.78 is 30.7. The molecular weight excluding hydrogens is 332 g/mol. The largest absolute Gasteiger partial charge is 0.399 e. The van der Waals surface area contributed by atoms with E-state index in [1.165, 1.54) is 6.07 Å². The Labute approximate surface area is 121 Å². The number of halogens is 1. The molecule has 1 aromatic carbocycles. The number of benzene rings is 1. The highest BCUT2D eigenvalue weighted by Gasteiger charge is 2.26. The van der Waals surface area contributed by atoms with Crippen molar-refractivity contribution in [2.45, 2.75) is 11.0 Å². The van der Waals surface area contributed by atoms with E-state index in [0.29, 0.717) is 23.3 Å². The number of anilines is 1. The molecule has 1 atom stereocenters. The second kappa shape index (κ2) is 5.78. The van der Waals surface area contributed by atoms with Crippen molar-refractivity contribution in [3.05, 3.63) is 22.7 Å². The highest BCUT2D eigenvalue weighted by Crippen LogP contribution is 2.26. The lowest BCUT2D eigenvalue weighted by Gasteiger charge is -2.29. The van der Waals surface area contributed by atoms with Crippen LogP contribution in [0.25, 0.3) is 0 Å². The number of morpholine rings is 1. The fourth-order valence-electron chi connectivity index (χ4n) is 2.07. The third-order valence-corrected chi connectivity index (χ3v) is 5.79. The van der Waals surface area contributed by atoms with Crippen molar-refractivity contribution in [3.63, 3.8) is 0 Å². The summed E-state index contributed by atoms with van der Waals surface area (Å²) in [5.41, 5.74) is 6.14. The molecule has 106 valence electrons. The van der Waals surface area contributed by atoms with Gasteiger partial charge in [-0.05, 0) is 41.2 Å². The number of nitrogen functional groups attached to an aromatic ring is 1.